The fraction of sp³-hybridized carbons (Fsp3) is 0.909. The minimum atomic E-state index is -1.28. The molecule has 0 heterocycles. The lowest BCUT2D eigenvalue weighted by Crippen LogP contribution is -2.47. The number of carboxylic acid groups (broad SMARTS) is 1. The fourth-order valence-corrected chi connectivity index (χ4v) is 10.6. The number of rotatable bonds is 2. The van der Waals surface area contributed by atoms with Crippen LogP contribution in [0, 0.1) is 29.1 Å². The molecule has 5 saturated carbocycles. The topological polar surface area (TPSA) is 37.3 Å². The predicted molar refractivity (Wildman–Crippen MR) is 54.7 cm³/mol. The van der Waals surface area contributed by atoms with Gasteiger partial charge in [-0.15, -0.1) is 0 Å². The summed E-state index contributed by atoms with van der Waals surface area (Å²) in [5.74, 6) is 2.46. The van der Waals surface area contributed by atoms with E-state index in [2.05, 4.69) is 19.6 Å². The molecule has 0 radical (unpaired) electrons. The van der Waals surface area contributed by atoms with Gasteiger partial charge >= 0.3 is 5.97 Å². The first kappa shape index (κ1) is 7.91. The Bertz CT molecular complexity index is 373. The van der Waals surface area contributed by atoms with Crippen LogP contribution in [-0.2, 0) is 4.79 Å². The lowest BCUT2D eigenvalue weighted by atomic mass is 9.83. The van der Waals surface area contributed by atoms with Gasteiger partial charge < -0.3 is 5.11 Å². The summed E-state index contributed by atoms with van der Waals surface area (Å²) < 4.78 is 0. The first-order valence-electron chi connectivity index (χ1n) is 5.65. The Labute approximate surface area is 84.7 Å². The molecule has 14 heavy (non-hydrogen) atoms. The van der Waals surface area contributed by atoms with Crippen molar-refractivity contribution in [3.05, 3.63) is 0 Å². The highest BCUT2D eigenvalue weighted by atomic mass is 28.3. The normalized spacial score (nSPS) is 65.6. The van der Waals surface area contributed by atoms with Crippen molar-refractivity contribution in [3.63, 3.8) is 0 Å². The van der Waals surface area contributed by atoms with Crippen LogP contribution in [0.5, 0.6) is 0 Å². The van der Waals surface area contributed by atoms with E-state index in [0.717, 1.165) is 11.8 Å². The lowest BCUT2D eigenvalue weighted by molar-refractivity contribution is -0.147. The van der Waals surface area contributed by atoms with Gasteiger partial charge in [0.25, 0.3) is 0 Å². The van der Waals surface area contributed by atoms with Crippen LogP contribution < -0.4 is 0 Å². The summed E-state index contributed by atoms with van der Waals surface area (Å²) in [5, 5.41) is 9.83. The molecule has 2 nitrogen and oxygen atoms in total. The monoisotopic (exact) mass is 208 g/mol. The smallest absolute Gasteiger partial charge is 0.310 e. The number of carboxylic acids is 1. The average Bonchev–Trinajstić information content (AvgIpc) is 2.59. The quantitative estimate of drug-likeness (QED) is 0.705. The zero-order valence-electron chi connectivity index (χ0n) is 8.87. The molecule has 0 saturated heterocycles. The molecule has 5 aliphatic rings. The molecule has 0 aromatic carbocycles. The summed E-state index contributed by atoms with van der Waals surface area (Å²) in [6.07, 6.45) is 1.26. The van der Waals surface area contributed by atoms with E-state index in [1.54, 1.807) is 0 Å². The Hall–Kier alpha value is -0.313. The molecule has 0 amide bonds. The molecule has 5 rings (SSSR count). The molecule has 6 atom stereocenters. The first-order valence-corrected chi connectivity index (χ1v) is 9.15. The second-order valence-electron chi connectivity index (χ2n) is 6.79. The molecule has 76 valence electrons. The summed E-state index contributed by atoms with van der Waals surface area (Å²) >= 11 is 0. The number of hydrogen-bond donors (Lipinski definition) is 1. The summed E-state index contributed by atoms with van der Waals surface area (Å²) in [5.41, 5.74) is -0.188. The van der Waals surface area contributed by atoms with Crippen molar-refractivity contribution in [1.29, 1.82) is 0 Å². The summed E-state index contributed by atoms with van der Waals surface area (Å²) in [7, 11) is -1.28. The van der Waals surface area contributed by atoms with Gasteiger partial charge in [0.2, 0.25) is 0 Å². The van der Waals surface area contributed by atoms with Gasteiger partial charge in [-0.25, -0.2) is 0 Å². The van der Waals surface area contributed by atoms with Crippen LogP contribution in [0.15, 0.2) is 0 Å². The molecule has 5 fully saturated rings. The summed E-state index contributed by atoms with van der Waals surface area (Å²) in [4.78, 5) is 11.5. The maximum atomic E-state index is 11.5. The zero-order chi connectivity index (χ0) is 10.1. The van der Waals surface area contributed by atoms with E-state index in [9.17, 15) is 9.90 Å². The third-order valence-electron chi connectivity index (χ3n) is 6.04. The maximum absolute atomic E-state index is 11.5. The molecule has 0 aliphatic heterocycles. The molecule has 0 spiro atoms. The largest absolute Gasteiger partial charge is 0.481 e. The number of aliphatic carboxylic acids is 1. The van der Waals surface area contributed by atoms with E-state index >= 15 is 0 Å². The van der Waals surface area contributed by atoms with Crippen LogP contribution in [0.4, 0.5) is 0 Å². The second-order valence-corrected chi connectivity index (χ2v) is 12.1. The zero-order valence-corrected chi connectivity index (χ0v) is 9.87. The van der Waals surface area contributed by atoms with Crippen molar-refractivity contribution in [1.82, 2.24) is 0 Å². The predicted octanol–water partition coefficient (Wildman–Crippen LogP) is 2.05. The Morgan fingerprint density at radius 3 is 2.21 bits per heavy atom. The second kappa shape index (κ2) is 1.53. The van der Waals surface area contributed by atoms with E-state index in [4.69, 9.17) is 0 Å². The van der Waals surface area contributed by atoms with Crippen molar-refractivity contribution >= 4 is 14.0 Å². The minimum absolute atomic E-state index is 0.188. The van der Waals surface area contributed by atoms with Crippen LogP contribution in [0.2, 0.25) is 24.7 Å². The Balaban J connectivity index is 1.90. The van der Waals surface area contributed by atoms with Gasteiger partial charge in [0.1, 0.15) is 0 Å². The van der Waals surface area contributed by atoms with Crippen LogP contribution >= 0.6 is 0 Å². The molecule has 0 aromatic rings. The highest BCUT2D eigenvalue weighted by Crippen LogP contribution is 3.10. The van der Waals surface area contributed by atoms with Gasteiger partial charge in [-0.1, -0.05) is 19.6 Å². The molecule has 0 aromatic heterocycles. The number of hydrogen-bond acceptors (Lipinski definition) is 1. The van der Waals surface area contributed by atoms with Crippen LogP contribution in [0.25, 0.3) is 0 Å². The Morgan fingerprint density at radius 2 is 1.93 bits per heavy atom. The Kier molecular flexibility index (Phi) is 0.863. The van der Waals surface area contributed by atoms with Crippen LogP contribution in [0.1, 0.15) is 6.42 Å². The SMILES string of the molecule is C[Si](C)(C)C12C3CC4C(C31)C42C(=O)O. The van der Waals surface area contributed by atoms with Crippen LogP contribution in [-0.4, -0.2) is 19.1 Å². The van der Waals surface area contributed by atoms with Crippen molar-refractivity contribution in [2.75, 3.05) is 0 Å². The van der Waals surface area contributed by atoms with E-state index in [1.807, 2.05) is 0 Å². The molecular formula is C11H16O2Si. The van der Waals surface area contributed by atoms with Crippen molar-refractivity contribution in [3.8, 4) is 0 Å². The van der Waals surface area contributed by atoms with Gasteiger partial charge in [0.05, 0.1) is 13.5 Å². The molecule has 5 aliphatic carbocycles. The van der Waals surface area contributed by atoms with E-state index < -0.39 is 14.0 Å². The van der Waals surface area contributed by atoms with Gasteiger partial charge in [0, 0.05) is 0 Å². The van der Waals surface area contributed by atoms with E-state index in [-0.39, 0.29) is 5.41 Å². The maximum Gasteiger partial charge on any atom is 0.310 e. The van der Waals surface area contributed by atoms with Gasteiger partial charge in [-0.3, -0.25) is 4.79 Å². The van der Waals surface area contributed by atoms with Gasteiger partial charge in [-0.2, -0.15) is 0 Å². The molecule has 6 unspecified atom stereocenters. The molecular weight excluding hydrogens is 192 g/mol. The van der Waals surface area contributed by atoms with Crippen molar-refractivity contribution in [2.45, 2.75) is 31.1 Å². The van der Waals surface area contributed by atoms with Crippen LogP contribution in [0.3, 0.4) is 0 Å². The molecule has 3 heteroatoms. The third-order valence-corrected chi connectivity index (χ3v) is 9.64. The van der Waals surface area contributed by atoms with Crippen molar-refractivity contribution in [2.24, 2.45) is 29.1 Å². The van der Waals surface area contributed by atoms with Gasteiger partial charge in [-0.05, 0) is 35.1 Å². The number of carbonyl (C=O) groups is 1. The first-order chi connectivity index (χ1) is 6.41. The summed E-state index contributed by atoms with van der Waals surface area (Å²) in [6.45, 7) is 7.13. The highest BCUT2D eigenvalue weighted by molar-refractivity contribution is 6.81. The van der Waals surface area contributed by atoms with Gasteiger partial charge in [0.15, 0.2) is 0 Å². The fourth-order valence-electron chi connectivity index (χ4n) is 6.21. The molecule has 2 bridgehead atoms. The Morgan fingerprint density at radius 1 is 1.29 bits per heavy atom. The molecule has 1 N–H and O–H groups in total. The average molecular weight is 208 g/mol. The highest BCUT2D eigenvalue weighted by Gasteiger charge is 3.08. The summed E-state index contributed by atoms with van der Waals surface area (Å²) in [6, 6.07) is 0. The van der Waals surface area contributed by atoms with Crippen molar-refractivity contribution < 1.29 is 9.90 Å². The lowest BCUT2D eigenvalue weighted by Gasteiger charge is -2.42. The third kappa shape index (κ3) is 0.375. The standard InChI is InChI=1S/C11H16O2Si/c1-14(2,3)11-6-4-5-7(8(6)11)10(5,11)9(12)13/h5-8H,4H2,1-3H3,(H,12,13). The minimum Gasteiger partial charge on any atom is -0.481 e. The van der Waals surface area contributed by atoms with E-state index in [1.165, 1.54) is 6.42 Å². The van der Waals surface area contributed by atoms with E-state index in [0.29, 0.717) is 16.9 Å².